The molecule has 0 unspecified atom stereocenters. The molecule has 0 aromatic heterocycles. The summed E-state index contributed by atoms with van der Waals surface area (Å²) in [5, 5.41) is 8.98. The fraction of sp³-hybridized carbons (Fsp3) is 0.750. The van der Waals surface area contributed by atoms with E-state index in [-0.39, 0.29) is 0 Å². The van der Waals surface area contributed by atoms with Crippen LogP contribution in [0.4, 0.5) is 0 Å². The minimum absolute atomic E-state index is 0.398. The van der Waals surface area contributed by atoms with Crippen LogP contribution < -0.4 is 0 Å². The minimum Gasteiger partial charge on any atom is -0.513 e. The van der Waals surface area contributed by atoms with Crippen LogP contribution in [0.3, 0.4) is 0 Å². The van der Waals surface area contributed by atoms with Crippen molar-refractivity contribution in [3.8, 4) is 0 Å². The summed E-state index contributed by atoms with van der Waals surface area (Å²) in [6.45, 7) is 3.53. The van der Waals surface area contributed by atoms with E-state index in [0.29, 0.717) is 11.7 Å². The zero-order chi connectivity index (χ0) is 6.69. The molecule has 1 N–H and O–H groups in total. The zero-order valence-electron chi connectivity index (χ0n) is 5.77. The number of hydrogen-bond acceptors (Lipinski definition) is 1. The first kappa shape index (κ1) is 6.66. The zero-order valence-corrected chi connectivity index (χ0v) is 5.77. The van der Waals surface area contributed by atoms with Gasteiger partial charge in [-0.15, -0.1) is 0 Å². The molecule has 1 aliphatic rings. The molecule has 1 heteroatoms. The summed E-state index contributed by atoms with van der Waals surface area (Å²) in [4.78, 5) is 0. The van der Waals surface area contributed by atoms with E-state index in [1.54, 1.807) is 0 Å². The summed E-state index contributed by atoms with van der Waals surface area (Å²) in [5.41, 5.74) is 0. The molecule has 0 spiro atoms. The van der Waals surface area contributed by atoms with Gasteiger partial charge in [0.15, 0.2) is 0 Å². The van der Waals surface area contributed by atoms with Crippen molar-refractivity contribution in [1.82, 2.24) is 0 Å². The Kier molecular flexibility index (Phi) is 2.15. The van der Waals surface area contributed by atoms with Gasteiger partial charge in [0.25, 0.3) is 0 Å². The molecule has 0 aliphatic heterocycles. The Labute approximate surface area is 56.4 Å². The molecule has 0 amide bonds. The fourth-order valence-corrected chi connectivity index (χ4v) is 1.44. The van der Waals surface area contributed by atoms with Gasteiger partial charge in [-0.1, -0.05) is 25.8 Å². The Morgan fingerprint density at radius 3 is 2.11 bits per heavy atom. The highest BCUT2D eigenvalue weighted by molar-refractivity contribution is 4.89. The average molecular weight is 126 g/mol. The topological polar surface area (TPSA) is 20.2 Å². The maximum atomic E-state index is 8.98. The second-order valence-electron chi connectivity index (χ2n) is 2.83. The van der Waals surface area contributed by atoms with Crippen LogP contribution >= 0.6 is 0 Å². The third kappa shape index (κ3) is 1.74. The predicted octanol–water partition coefficient (Wildman–Crippen LogP) is 2.64. The number of aliphatic hydroxyl groups excluding tert-OH is 1. The van der Waals surface area contributed by atoms with Crippen molar-refractivity contribution in [2.75, 3.05) is 0 Å². The number of hydrogen-bond donors (Lipinski definition) is 1. The van der Waals surface area contributed by atoms with Gasteiger partial charge in [0.2, 0.25) is 0 Å². The van der Waals surface area contributed by atoms with E-state index in [4.69, 9.17) is 5.11 Å². The average Bonchev–Trinajstić information content (AvgIpc) is 1.90. The third-order valence-electron chi connectivity index (χ3n) is 2.08. The van der Waals surface area contributed by atoms with E-state index in [2.05, 4.69) is 6.58 Å². The molecular weight excluding hydrogens is 112 g/mol. The van der Waals surface area contributed by atoms with Gasteiger partial charge in [0.1, 0.15) is 0 Å². The van der Waals surface area contributed by atoms with E-state index in [1.165, 1.54) is 19.3 Å². The van der Waals surface area contributed by atoms with Crippen LogP contribution in [-0.2, 0) is 0 Å². The quantitative estimate of drug-likeness (QED) is 0.535. The molecule has 0 aromatic rings. The lowest BCUT2D eigenvalue weighted by Gasteiger charge is -2.19. The molecular formula is C8H14O. The van der Waals surface area contributed by atoms with E-state index in [9.17, 15) is 0 Å². The highest BCUT2D eigenvalue weighted by Gasteiger charge is 2.14. The maximum absolute atomic E-state index is 8.98. The summed E-state index contributed by atoms with van der Waals surface area (Å²) in [7, 11) is 0. The standard InChI is InChI=1S/C8H14O/c1-7(9)8-5-3-2-4-6-8/h8-9H,1-6H2. The Bertz CT molecular complexity index is 101. The van der Waals surface area contributed by atoms with Gasteiger partial charge in [-0.2, -0.15) is 0 Å². The van der Waals surface area contributed by atoms with Crippen LogP contribution in [0, 0.1) is 5.92 Å². The molecule has 0 saturated heterocycles. The second kappa shape index (κ2) is 2.90. The first-order valence-electron chi connectivity index (χ1n) is 3.68. The van der Waals surface area contributed by atoms with Crippen LogP contribution in [0.2, 0.25) is 0 Å². The first-order chi connectivity index (χ1) is 4.30. The van der Waals surface area contributed by atoms with Crippen molar-refractivity contribution < 1.29 is 5.11 Å². The van der Waals surface area contributed by atoms with Crippen LogP contribution in [-0.4, -0.2) is 5.11 Å². The van der Waals surface area contributed by atoms with Crippen molar-refractivity contribution in [3.05, 3.63) is 12.3 Å². The molecule has 0 aromatic carbocycles. The molecule has 52 valence electrons. The third-order valence-corrected chi connectivity index (χ3v) is 2.08. The monoisotopic (exact) mass is 126 g/mol. The lowest BCUT2D eigenvalue weighted by molar-refractivity contribution is 0.278. The van der Waals surface area contributed by atoms with E-state index >= 15 is 0 Å². The summed E-state index contributed by atoms with van der Waals surface area (Å²) >= 11 is 0. The summed E-state index contributed by atoms with van der Waals surface area (Å²) in [6.07, 6.45) is 6.17. The smallest absolute Gasteiger partial charge is 0.0881 e. The molecule has 9 heavy (non-hydrogen) atoms. The van der Waals surface area contributed by atoms with E-state index in [0.717, 1.165) is 12.8 Å². The van der Waals surface area contributed by atoms with E-state index < -0.39 is 0 Å². The lowest BCUT2D eigenvalue weighted by atomic mass is 9.88. The van der Waals surface area contributed by atoms with Gasteiger partial charge in [-0.05, 0) is 12.8 Å². The van der Waals surface area contributed by atoms with Crippen LogP contribution in [0.1, 0.15) is 32.1 Å². The predicted molar refractivity (Wildman–Crippen MR) is 38.3 cm³/mol. The summed E-state index contributed by atoms with van der Waals surface area (Å²) < 4.78 is 0. The molecule has 1 rings (SSSR count). The van der Waals surface area contributed by atoms with Gasteiger partial charge in [0, 0.05) is 5.92 Å². The summed E-state index contributed by atoms with van der Waals surface area (Å²) in [6, 6.07) is 0. The molecule has 0 atom stereocenters. The summed E-state index contributed by atoms with van der Waals surface area (Å²) in [5.74, 6) is 0.813. The Balaban J connectivity index is 2.31. The molecule has 1 saturated carbocycles. The van der Waals surface area contributed by atoms with Crippen LogP contribution in [0.15, 0.2) is 12.3 Å². The van der Waals surface area contributed by atoms with Crippen LogP contribution in [0.25, 0.3) is 0 Å². The van der Waals surface area contributed by atoms with Gasteiger partial charge in [-0.25, -0.2) is 0 Å². The highest BCUT2D eigenvalue weighted by atomic mass is 16.3. The van der Waals surface area contributed by atoms with Crippen molar-refractivity contribution >= 4 is 0 Å². The molecule has 1 fully saturated rings. The van der Waals surface area contributed by atoms with Crippen molar-refractivity contribution in [3.63, 3.8) is 0 Å². The number of aliphatic hydroxyl groups is 1. The van der Waals surface area contributed by atoms with Crippen molar-refractivity contribution in [2.45, 2.75) is 32.1 Å². The largest absolute Gasteiger partial charge is 0.513 e. The molecule has 0 radical (unpaired) electrons. The number of rotatable bonds is 1. The second-order valence-corrected chi connectivity index (χ2v) is 2.83. The Hall–Kier alpha value is -0.460. The van der Waals surface area contributed by atoms with Gasteiger partial charge >= 0.3 is 0 Å². The molecule has 1 aliphatic carbocycles. The SMILES string of the molecule is C=C(O)C1CCCCC1. The van der Waals surface area contributed by atoms with Gasteiger partial charge in [-0.3, -0.25) is 0 Å². The van der Waals surface area contributed by atoms with Gasteiger partial charge < -0.3 is 5.11 Å². The Morgan fingerprint density at radius 2 is 1.78 bits per heavy atom. The normalized spacial score (nSPS) is 21.8. The van der Waals surface area contributed by atoms with Gasteiger partial charge in [0.05, 0.1) is 5.76 Å². The molecule has 0 heterocycles. The molecule has 1 nitrogen and oxygen atoms in total. The van der Waals surface area contributed by atoms with Crippen molar-refractivity contribution in [2.24, 2.45) is 5.92 Å². The molecule has 0 bridgehead atoms. The lowest BCUT2D eigenvalue weighted by Crippen LogP contribution is -2.07. The van der Waals surface area contributed by atoms with E-state index in [1.807, 2.05) is 0 Å². The highest BCUT2D eigenvalue weighted by Crippen LogP contribution is 2.27. The minimum atomic E-state index is 0.398. The number of allylic oxidation sites excluding steroid dienone is 1. The maximum Gasteiger partial charge on any atom is 0.0881 e. The van der Waals surface area contributed by atoms with Crippen LogP contribution in [0.5, 0.6) is 0 Å². The first-order valence-corrected chi connectivity index (χ1v) is 3.68. The van der Waals surface area contributed by atoms with Crippen molar-refractivity contribution in [1.29, 1.82) is 0 Å². The fourth-order valence-electron chi connectivity index (χ4n) is 1.44. The Morgan fingerprint density at radius 1 is 1.22 bits per heavy atom.